The summed E-state index contributed by atoms with van der Waals surface area (Å²) in [5.74, 6) is -0.828. The van der Waals surface area contributed by atoms with Gasteiger partial charge < -0.3 is 15.5 Å². The zero-order valence-electron chi connectivity index (χ0n) is 26.5. The molecule has 5 rings (SSSR count). The first-order chi connectivity index (χ1) is 24.2. The number of carbonyl (C=O) groups is 1. The summed E-state index contributed by atoms with van der Waals surface area (Å²) in [4.78, 5) is 40.0. The molecule has 0 unspecified atom stereocenters. The van der Waals surface area contributed by atoms with Crippen molar-refractivity contribution in [2.45, 2.75) is 12.4 Å². The Balaban J connectivity index is 0.000000239. The minimum Gasteiger partial charge on any atom is -0.465 e. The summed E-state index contributed by atoms with van der Waals surface area (Å²) in [7, 11) is -2.90. The maximum atomic E-state index is 13.6. The number of nitrogens with zero attached hydrogens (tertiary/aromatic N) is 3. The number of methoxy groups -OCH3 is 1. The van der Waals surface area contributed by atoms with Crippen LogP contribution in [-0.2, 0) is 27.1 Å². The second-order valence-electron chi connectivity index (χ2n) is 10.7. The fraction of sp³-hybridized carbons (Fsp3) is 0.121. The van der Waals surface area contributed by atoms with Crippen LogP contribution < -0.4 is 21.8 Å². The molecule has 0 amide bonds. The largest absolute Gasteiger partial charge is 0.465 e. The number of fused-ring (bicyclic) bond motifs is 1. The van der Waals surface area contributed by atoms with Gasteiger partial charge in [0.25, 0.3) is 5.56 Å². The number of anilines is 1. The molecular formula is C33H22F6N6O6S. The SMILES string of the molecule is COC(=O)c1cc(-c2ccc(C#N)cc2)c(C(F)(F)F)cc1N.CS(=O)(=O)Nn1c(=O)[nH]c2cc(C(F)(F)F)c(-c3ccc(C#N)cc3)cc2c1=O. The highest BCUT2D eigenvalue weighted by atomic mass is 32.2. The fourth-order valence-corrected chi connectivity index (χ4v) is 5.31. The maximum Gasteiger partial charge on any atom is 0.417 e. The smallest absolute Gasteiger partial charge is 0.417 e. The van der Waals surface area contributed by atoms with E-state index in [1.807, 2.05) is 12.1 Å². The van der Waals surface area contributed by atoms with Crippen molar-refractivity contribution in [1.82, 2.24) is 9.66 Å². The summed E-state index contributed by atoms with van der Waals surface area (Å²) in [5.41, 5.74) is 0.447. The molecule has 268 valence electrons. The molecule has 0 bridgehead atoms. The lowest BCUT2D eigenvalue weighted by atomic mass is 9.95. The number of ether oxygens (including phenoxy) is 1. The number of carbonyl (C=O) groups excluding carboxylic acids is 1. The number of nitrogens with one attached hydrogen (secondary N) is 2. The van der Waals surface area contributed by atoms with Crippen LogP contribution in [0.2, 0.25) is 0 Å². The summed E-state index contributed by atoms with van der Waals surface area (Å²) in [6, 6.07) is 17.7. The van der Waals surface area contributed by atoms with Crippen LogP contribution in [0.4, 0.5) is 32.0 Å². The van der Waals surface area contributed by atoms with E-state index in [4.69, 9.17) is 16.3 Å². The molecule has 0 saturated carbocycles. The summed E-state index contributed by atoms with van der Waals surface area (Å²) >= 11 is 0. The van der Waals surface area contributed by atoms with Gasteiger partial charge in [0.1, 0.15) is 0 Å². The Morgan fingerprint density at radius 2 is 1.29 bits per heavy atom. The molecule has 0 saturated heterocycles. The minimum atomic E-state index is -4.81. The number of benzene rings is 4. The molecule has 12 nitrogen and oxygen atoms in total. The van der Waals surface area contributed by atoms with Crippen molar-refractivity contribution in [2.75, 3.05) is 23.9 Å². The van der Waals surface area contributed by atoms with Crippen molar-refractivity contribution in [1.29, 1.82) is 10.5 Å². The lowest BCUT2D eigenvalue weighted by Gasteiger charge is -2.16. The van der Waals surface area contributed by atoms with Gasteiger partial charge in [-0.05, 0) is 70.8 Å². The van der Waals surface area contributed by atoms with E-state index >= 15 is 0 Å². The third-order valence-corrected chi connectivity index (χ3v) is 7.66. The fourth-order valence-electron chi connectivity index (χ4n) is 4.81. The number of H-pyrrole nitrogens is 1. The standard InChI is InChI=1S/C17H11F3N4O4S.C16H11F3N2O2/c1-29(27,28)23-24-15(25)12-6-11(10-4-2-9(8-21)3-5-10)13(17(18,19)20)7-14(12)22-16(24)26;1-23-15(22)12-6-11(10-4-2-9(8-20)3-5-10)13(7-14(12)21)16(17,18)19/h2-7,23H,1H3,(H,22,26);2-7H,21H2,1H3. The van der Waals surface area contributed by atoms with Crippen LogP contribution >= 0.6 is 0 Å². The Hall–Kier alpha value is -6.60. The number of hydrogen-bond donors (Lipinski definition) is 3. The van der Waals surface area contributed by atoms with Crippen molar-refractivity contribution in [3.8, 4) is 34.4 Å². The van der Waals surface area contributed by atoms with Crippen LogP contribution in [0, 0.1) is 22.7 Å². The average molecular weight is 745 g/mol. The lowest BCUT2D eigenvalue weighted by Crippen LogP contribution is -2.43. The minimum absolute atomic E-state index is 0.0754. The number of rotatable bonds is 5. The van der Waals surface area contributed by atoms with E-state index in [9.17, 15) is 49.1 Å². The normalized spacial score (nSPS) is 11.5. The molecule has 0 atom stereocenters. The van der Waals surface area contributed by atoms with Crippen molar-refractivity contribution >= 4 is 32.6 Å². The molecule has 1 aromatic heterocycles. The third kappa shape index (κ3) is 8.40. The molecule has 0 aliphatic carbocycles. The number of aromatic amines is 1. The monoisotopic (exact) mass is 744 g/mol. The first-order valence-corrected chi connectivity index (χ1v) is 16.1. The highest BCUT2D eigenvalue weighted by Crippen LogP contribution is 2.40. The molecule has 4 N–H and O–H groups in total. The Morgan fingerprint density at radius 1 is 0.827 bits per heavy atom. The van der Waals surface area contributed by atoms with Crippen molar-refractivity contribution in [3.05, 3.63) is 121 Å². The molecule has 0 spiro atoms. The number of alkyl halides is 6. The second kappa shape index (κ2) is 14.3. The molecule has 5 aromatic rings. The zero-order chi connectivity index (χ0) is 38.8. The van der Waals surface area contributed by atoms with E-state index in [0.29, 0.717) is 24.0 Å². The Morgan fingerprint density at radius 3 is 1.71 bits per heavy atom. The number of hydrogen-bond acceptors (Lipinski definition) is 9. The molecule has 0 fully saturated rings. The zero-order valence-corrected chi connectivity index (χ0v) is 27.3. The Labute approximate surface area is 288 Å². The number of sulfonamides is 1. The van der Waals surface area contributed by atoms with Crippen LogP contribution in [0.3, 0.4) is 0 Å². The van der Waals surface area contributed by atoms with Crippen LogP contribution in [0.15, 0.2) is 82.4 Å². The predicted molar refractivity (Wildman–Crippen MR) is 176 cm³/mol. The quantitative estimate of drug-likeness (QED) is 0.120. The third-order valence-electron chi connectivity index (χ3n) is 7.15. The number of aromatic nitrogens is 2. The maximum absolute atomic E-state index is 13.6. The van der Waals surface area contributed by atoms with Gasteiger partial charge >= 0.3 is 24.0 Å². The number of nitrogens with two attached hydrogens (primary N) is 1. The second-order valence-corrected chi connectivity index (χ2v) is 12.5. The Kier molecular flexibility index (Phi) is 10.5. The summed E-state index contributed by atoms with van der Waals surface area (Å²) in [6.07, 6.45) is -8.75. The molecule has 52 heavy (non-hydrogen) atoms. The molecule has 1 heterocycles. The molecular weight excluding hydrogens is 722 g/mol. The molecule has 0 radical (unpaired) electrons. The summed E-state index contributed by atoms with van der Waals surface area (Å²) in [5, 5.41) is 17.3. The van der Waals surface area contributed by atoms with Gasteiger partial charge in [-0.2, -0.15) is 41.5 Å². The summed E-state index contributed by atoms with van der Waals surface area (Å²) in [6.45, 7) is 0. The highest BCUT2D eigenvalue weighted by Gasteiger charge is 2.36. The Bertz CT molecular complexity index is 2520. The van der Waals surface area contributed by atoms with Gasteiger partial charge in [0.2, 0.25) is 10.0 Å². The lowest BCUT2D eigenvalue weighted by molar-refractivity contribution is -0.137. The van der Waals surface area contributed by atoms with Crippen LogP contribution in [-0.4, -0.2) is 37.4 Å². The molecule has 0 aliphatic rings. The number of halogens is 6. The van der Waals surface area contributed by atoms with Gasteiger partial charge in [-0.25, -0.2) is 22.8 Å². The topological polar surface area (TPSA) is 201 Å². The van der Waals surface area contributed by atoms with Crippen LogP contribution in [0.5, 0.6) is 0 Å². The van der Waals surface area contributed by atoms with E-state index in [2.05, 4.69) is 9.72 Å². The van der Waals surface area contributed by atoms with E-state index in [-0.39, 0.29) is 49.1 Å². The first-order valence-electron chi connectivity index (χ1n) is 14.2. The number of nitriles is 2. The van der Waals surface area contributed by atoms with Gasteiger partial charge in [0.05, 0.1) is 64.2 Å². The first kappa shape index (κ1) is 38.2. The average Bonchev–Trinajstić information content (AvgIpc) is 3.08. The number of nitrogen functional groups attached to an aromatic ring is 1. The van der Waals surface area contributed by atoms with Crippen molar-refractivity contribution in [2.24, 2.45) is 0 Å². The van der Waals surface area contributed by atoms with Gasteiger partial charge in [-0.1, -0.05) is 24.3 Å². The number of esters is 1. The van der Waals surface area contributed by atoms with Gasteiger partial charge in [0.15, 0.2) is 0 Å². The van der Waals surface area contributed by atoms with Gasteiger partial charge in [-0.15, -0.1) is 0 Å². The van der Waals surface area contributed by atoms with Crippen LogP contribution in [0.1, 0.15) is 32.6 Å². The highest BCUT2D eigenvalue weighted by molar-refractivity contribution is 7.91. The van der Waals surface area contributed by atoms with E-state index in [0.717, 1.165) is 19.2 Å². The van der Waals surface area contributed by atoms with Crippen LogP contribution in [0.25, 0.3) is 33.2 Å². The van der Waals surface area contributed by atoms with Crippen molar-refractivity contribution < 1.29 is 44.3 Å². The van der Waals surface area contributed by atoms with Gasteiger partial charge in [-0.3, -0.25) is 4.79 Å². The van der Waals surface area contributed by atoms with E-state index in [1.165, 1.54) is 48.5 Å². The van der Waals surface area contributed by atoms with E-state index in [1.54, 1.807) is 4.83 Å². The predicted octanol–water partition coefficient (Wildman–Crippen LogP) is 5.36. The molecule has 19 heteroatoms. The summed E-state index contributed by atoms with van der Waals surface area (Å²) < 4.78 is 108. The van der Waals surface area contributed by atoms with Gasteiger partial charge in [0, 0.05) is 5.69 Å². The van der Waals surface area contributed by atoms with E-state index < -0.39 is 56.2 Å². The molecule has 4 aromatic carbocycles. The van der Waals surface area contributed by atoms with Crippen molar-refractivity contribution in [3.63, 3.8) is 0 Å². The molecule has 0 aliphatic heterocycles.